The summed E-state index contributed by atoms with van der Waals surface area (Å²) in [6.07, 6.45) is 1.77. The van der Waals surface area contributed by atoms with Gasteiger partial charge in [0.05, 0.1) is 0 Å². The second kappa shape index (κ2) is 3.87. The Morgan fingerprint density at radius 2 is 1.83 bits per heavy atom. The van der Waals surface area contributed by atoms with E-state index in [9.17, 15) is 0 Å². The first kappa shape index (κ1) is 10.8. The summed E-state index contributed by atoms with van der Waals surface area (Å²) in [5.41, 5.74) is 3.89. The molecule has 0 N–H and O–H groups in total. The molecule has 0 aliphatic carbocycles. The zero-order valence-corrected chi connectivity index (χ0v) is 10.5. The van der Waals surface area contributed by atoms with Gasteiger partial charge in [0, 0.05) is 28.8 Å². The summed E-state index contributed by atoms with van der Waals surface area (Å²) in [7, 11) is 0. The molecule has 90 valence electrons. The largest absolute Gasteiger partial charge is 0.262 e. The lowest BCUT2D eigenvalue weighted by molar-refractivity contribution is 0.887. The Labute approximate surface area is 105 Å². The number of hydrogen-bond acceptors (Lipinski definition) is 4. The van der Waals surface area contributed by atoms with Crippen molar-refractivity contribution < 1.29 is 0 Å². The van der Waals surface area contributed by atoms with Gasteiger partial charge in [-0.05, 0) is 39.0 Å². The van der Waals surface area contributed by atoms with Gasteiger partial charge in [-0.15, -0.1) is 5.10 Å². The molecular formula is C13H13N5. The zero-order chi connectivity index (χ0) is 12.7. The molecule has 0 bridgehead atoms. The first-order chi connectivity index (χ1) is 8.63. The van der Waals surface area contributed by atoms with Gasteiger partial charge in [-0.3, -0.25) is 4.98 Å². The minimum atomic E-state index is 0.636. The van der Waals surface area contributed by atoms with Crippen LogP contribution in [0.5, 0.6) is 0 Å². The van der Waals surface area contributed by atoms with Crippen molar-refractivity contribution in [2.75, 3.05) is 0 Å². The lowest BCUT2D eigenvalue weighted by Gasteiger charge is -1.97. The van der Waals surface area contributed by atoms with Gasteiger partial charge >= 0.3 is 0 Å². The molecule has 0 radical (unpaired) electrons. The Kier molecular flexibility index (Phi) is 2.33. The molecular weight excluding hydrogens is 226 g/mol. The van der Waals surface area contributed by atoms with Crippen LogP contribution in [0.15, 0.2) is 24.4 Å². The molecule has 0 aromatic carbocycles. The molecule has 0 spiro atoms. The number of hydrogen-bond donors (Lipinski definition) is 0. The van der Waals surface area contributed by atoms with Crippen LogP contribution >= 0.6 is 0 Å². The Morgan fingerprint density at radius 1 is 1.00 bits per heavy atom. The Balaban J connectivity index is 2.22. The topological polar surface area (TPSA) is 56.0 Å². The second-order valence-corrected chi connectivity index (χ2v) is 4.37. The van der Waals surface area contributed by atoms with Gasteiger partial charge in [-0.2, -0.15) is 4.98 Å². The molecule has 3 aromatic rings. The molecule has 0 fully saturated rings. The Bertz CT molecular complexity index is 729. The van der Waals surface area contributed by atoms with Crippen LogP contribution in [-0.2, 0) is 0 Å². The van der Waals surface area contributed by atoms with Crippen molar-refractivity contribution >= 4 is 5.78 Å². The van der Waals surface area contributed by atoms with Crippen molar-refractivity contribution in [2.45, 2.75) is 20.8 Å². The molecule has 3 aromatic heterocycles. The standard InChI is InChI=1S/C13H13N5/c1-8-7-11(4-5-14-8)12-16-13-15-9(2)6-10(3)18(13)17-12/h4-7H,1-3H3. The summed E-state index contributed by atoms with van der Waals surface area (Å²) in [5.74, 6) is 1.32. The van der Waals surface area contributed by atoms with E-state index in [0.717, 1.165) is 22.6 Å². The van der Waals surface area contributed by atoms with Gasteiger partial charge in [0.1, 0.15) is 0 Å². The third-order valence-corrected chi connectivity index (χ3v) is 2.77. The lowest BCUT2D eigenvalue weighted by Crippen LogP contribution is -1.97. The smallest absolute Gasteiger partial charge is 0.253 e. The molecule has 3 heterocycles. The van der Waals surface area contributed by atoms with Crippen LogP contribution in [0.3, 0.4) is 0 Å². The average molecular weight is 239 g/mol. The molecule has 5 nitrogen and oxygen atoms in total. The molecule has 18 heavy (non-hydrogen) atoms. The fourth-order valence-corrected chi connectivity index (χ4v) is 1.97. The molecule has 0 amide bonds. The SMILES string of the molecule is Cc1cc(-c2nc3nc(C)cc(C)n3n2)ccn1. The molecule has 3 rings (SSSR count). The number of nitrogens with zero attached hydrogens (tertiary/aromatic N) is 5. The number of aryl methyl sites for hydroxylation is 3. The van der Waals surface area contributed by atoms with Gasteiger partial charge in [-0.25, -0.2) is 9.50 Å². The summed E-state index contributed by atoms with van der Waals surface area (Å²) in [6.45, 7) is 5.91. The van der Waals surface area contributed by atoms with E-state index in [-0.39, 0.29) is 0 Å². The highest BCUT2D eigenvalue weighted by atomic mass is 15.3. The molecule has 5 heteroatoms. The molecule has 0 saturated carbocycles. The summed E-state index contributed by atoms with van der Waals surface area (Å²) in [6, 6.07) is 5.87. The second-order valence-electron chi connectivity index (χ2n) is 4.37. The van der Waals surface area contributed by atoms with E-state index in [1.54, 1.807) is 10.7 Å². The van der Waals surface area contributed by atoms with E-state index >= 15 is 0 Å². The fraction of sp³-hybridized carbons (Fsp3) is 0.231. The normalized spacial score (nSPS) is 11.1. The first-order valence-corrected chi connectivity index (χ1v) is 5.77. The zero-order valence-electron chi connectivity index (χ0n) is 10.5. The molecule has 0 atom stereocenters. The van der Waals surface area contributed by atoms with E-state index in [0.29, 0.717) is 11.6 Å². The van der Waals surface area contributed by atoms with Crippen molar-refractivity contribution in [3.63, 3.8) is 0 Å². The van der Waals surface area contributed by atoms with Crippen molar-refractivity contribution in [1.29, 1.82) is 0 Å². The van der Waals surface area contributed by atoms with Gasteiger partial charge in [0.15, 0.2) is 5.82 Å². The van der Waals surface area contributed by atoms with Crippen molar-refractivity contribution in [3.8, 4) is 11.4 Å². The quantitative estimate of drug-likeness (QED) is 0.652. The van der Waals surface area contributed by atoms with Crippen LogP contribution < -0.4 is 0 Å². The van der Waals surface area contributed by atoms with Crippen molar-refractivity contribution in [1.82, 2.24) is 24.6 Å². The first-order valence-electron chi connectivity index (χ1n) is 5.77. The Morgan fingerprint density at radius 3 is 2.61 bits per heavy atom. The van der Waals surface area contributed by atoms with Gasteiger partial charge in [0.2, 0.25) is 0 Å². The number of pyridine rings is 1. The third-order valence-electron chi connectivity index (χ3n) is 2.77. The minimum Gasteiger partial charge on any atom is -0.262 e. The van der Waals surface area contributed by atoms with Crippen molar-refractivity contribution in [2.24, 2.45) is 0 Å². The molecule has 0 aliphatic heterocycles. The molecule has 0 aliphatic rings. The van der Waals surface area contributed by atoms with Crippen LogP contribution in [0.2, 0.25) is 0 Å². The number of fused-ring (bicyclic) bond motifs is 1. The average Bonchev–Trinajstić information content (AvgIpc) is 2.73. The Hall–Kier alpha value is -2.30. The predicted molar refractivity (Wildman–Crippen MR) is 68.2 cm³/mol. The van der Waals surface area contributed by atoms with Crippen LogP contribution in [0.4, 0.5) is 0 Å². The monoisotopic (exact) mass is 239 g/mol. The van der Waals surface area contributed by atoms with E-state index < -0.39 is 0 Å². The minimum absolute atomic E-state index is 0.636. The predicted octanol–water partition coefficient (Wildman–Crippen LogP) is 2.11. The summed E-state index contributed by atoms with van der Waals surface area (Å²) in [4.78, 5) is 13.0. The van der Waals surface area contributed by atoms with Gasteiger partial charge < -0.3 is 0 Å². The fourth-order valence-electron chi connectivity index (χ4n) is 1.97. The van der Waals surface area contributed by atoms with Gasteiger partial charge in [-0.1, -0.05) is 0 Å². The van der Waals surface area contributed by atoms with Gasteiger partial charge in [0.25, 0.3) is 5.78 Å². The van der Waals surface area contributed by atoms with Crippen LogP contribution in [0.1, 0.15) is 17.1 Å². The van der Waals surface area contributed by atoms with Crippen molar-refractivity contribution in [3.05, 3.63) is 41.5 Å². The maximum absolute atomic E-state index is 4.48. The summed E-state index contributed by atoms with van der Waals surface area (Å²) in [5, 5.41) is 4.48. The van der Waals surface area contributed by atoms with E-state index in [1.165, 1.54) is 0 Å². The highest BCUT2D eigenvalue weighted by molar-refractivity contribution is 5.57. The highest BCUT2D eigenvalue weighted by Gasteiger charge is 2.09. The molecule has 0 saturated heterocycles. The number of aromatic nitrogens is 5. The summed E-state index contributed by atoms with van der Waals surface area (Å²) >= 11 is 0. The van der Waals surface area contributed by atoms with E-state index in [4.69, 9.17) is 0 Å². The maximum atomic E-state index is 4.48. The lowest BCUT2D eigenvalue weighted by atomic mass is 10.2. The van der Waals surface area contributed by atoms with Crippen LogP contribution in [0, 0.1) is 20.8 Å². The molecule has 0 unspecified atom stereocenters. The van der Waals surface area contributed by atoms with Crippen LogP contribution in [0.25, 0.3) is 17.2 Å². The van der Waals surface area contributed by atoms with Crippen LogP contribution in [-0.4, -0.2) is 24.6 Å². The summed E-state index contributed by atoms with van der Waals surface area (Å²) < 4.78 is 1.76. The number of rotatable bonds is 1. The highest BCUT2D eigenvalue weighted by Crippen LogP contribution is 2.16. The maximum Gasteiger partial charge on any atom is 0.253 e. The third kappa shape index (κ3) is 1.73. The van der Waals surface area contributed by atoms with E-state index in [2.05, 4.69) is 20.1 Å². The van der Waals surface area contributed by atoms with E-state index in [1.807, 2.05) is 39.0 Å².